The normalized spacial score (nSPS) is 18.5. The molecule has 2 rings (SSSR count). The van der Waals surface area contributed by atoms with Crippen LogP contribution in [0.25, 0.3) is 0 Å². The van der Waals surface area contributed by atoms with Gasteiger partial charge in [0.25, 0.3) is 0 Å². The number of hydrogen-bond acceptors (Lipinski definition) is 3. The van der Waals surface area contributed by atoms with Gasteiger partial charge in [0.15, 0.2) is 0 Å². The minimum absolute atomic E-state index is 0.0523. The Balaban J connectivity index is 1.83. The van der Waals surface area contributed by atoms with Gasteiger partial charge in [-0.25, -0.2) is 0 Å². The lowest BCUT2D eigenvalue weighted by Gasteiger charge is -2.19. The van der Waals surface area contributed by atoms with Crippen molar-refractivity contribution in [3.63, 3.8) is 0 Å². The molecular formula is C15H20F3NOS. The Hall–Kier alpha value is -0.720. The molecule has 1 aromatic carbocycles. The smallest absolute Gasteiger partial charge is 0.396 e. The Kier molecular flexibility index (Phi) is 5.22. The van der Waals surface area contributed by atoms with E-state index in [9.17, 15) is 18.3 Å². The maximum Gasteiger partial charge on any atom is 0.398 e. The fraction of sp³-hybridized carbons (Fsp3) is 0.600. The molecule has 0 radical (unpaired) electrons. The number of rotatable bonds is 7. The Bertz CT molecular complexity index is 457. The number of halogens is 3. The number of alkyl halides is 3. The van der Waals surface area contributed by atoms with Crippen LogP contribution >= 0.6 is 11.8 Å². The molecule has 0 saturated heterocycles. The van der Waals surface area contributed by atoms with Gasteiger partial charge in [-0.1, -0.05) is 12.1 Å². The number of nitrogens with one attached hydrogen (secondary N) is 1. The highest BCUT2D eigenvalue weighted by atomic mass is 32.2. The lowest BCUT2D eigenvalue weighted by Crippen LogP contribution is -2.28. The van der Waals surface area contributed by atoms with Gasteiger partial charge in [-0.2, -0.15) is 13.2 Å². The second-order valence-corrected chi connectivity index (χ2v) is 6.78. The van der Waals surface area contributed by atoms with Gasteiger partial charge >= 0.3 is 6.18 Å². The molecule has 0 aliphatic heterocycles. The molecule has 6 heteroatoms. The van der Waals surface area contributed by atoms with E-state index in [2.05, 4.69) is 5.32 Å². The molecule has 0 spiro atoms. The maximum atomic E-state index is 12.1. The Morgan fingerprint density at radius 2 is 1.90 bits per heavy atom. The Morgan fingerprint density at radius 3 is 2.38 bits per heavy atom. The van der Waals surface area contributed by atoms with Crippen molar-refractivity contribution in [2.75, 3.05) is 18.9 Å². The van der Waals surface area contributed by atoms with E-state index in [0.29, 0.717) is 4.90 Å². The molecule has 1 aliphatic carbocycles. The molecule has 0 bridgehead atoms. The van der Waals surface area contributed by atoms with E-state index in [1.54, 1.807) is 12.1 Å². The number of aliphatic hydroxyl groups excluding tert-OH is 1. The largest absolute Gasteiger partial charge is 0.398 e. The monoisotopic (exact) mass is 319 g/mol. The zero-order valence-corrected chi connectivity index (χ0v) is 12.7. The van der Waals surface area contributed by atoms with Gasteiger partial charge in [0.05, 0.1) is 5.75 Å². The van der Waals surface area contributed by atoms with E-state index < -0.39 is 11.9 Å². The van der Waals surface area contributed by atoms with Gasteiger partial charge < -0.3 is 10.4 Å². The van der Waals surface area contributed by atoms with Crippen molar-refractivity contribution in [3.8, 4) is 0 Å². The highest BCUT2D eigenvalue weighted by Crippen LogP contribution is 2.44. The average Bonchev–Trinajstić information content (AvgIpc) is 3.23. The summed E-state index contributed by atoms with van der Waals surface area (Å²) >= 11 is 0.801. The summed E-state index contributed by atoms with van der Waals surface area (Å²) in [6.07, 6.45) is -2.03. The van der Waals surface area contributed by atoms with Crippen LogP contribution in [0.1, 0.15) is 31.4 Å². The molecule has 1 fully saturated rings. The molecule has 1 saturated carbocycles. The molecule has 0 aromatic heterocycles. The first-order valence-electron chi connectivity index (χ1n) is 6.97. The van der Waals surface area contributed by atoms with E-state index in [4.69, 9.17) is 0 Å². The van der Waals surface area contributed by atoms with Gasteiger partial charge in [0.1, 0.15) is 0 Å². The second-order valence-electron chi connectivity index (χ2n) is 5.73. The van der Waals surface area contributed by atoms with E-state index in [1.165, 1.54) is 0 Å². The van der Waals surface area contributed by atoms with Gasteiger partial charge in [-0.05, 0) is 37.5 Å². The average molecular weight is 319 g/mol. The second kappa shape index (κ2) is 6.58. The molecule has 0 amide bonds. The van der Waals surface area contributed by atoms with Crippen LogP contribution in [-0.4, -0.2) is 30.2 Å². The van der Waals surface area contributed by atoms with E-state index in [0.717, 1.165) is 36.7 Å². The zero-order valence-electron chi connectivity index (χ0n) is 11.9. The molecule has 2 N–H and O–H groups in total. The summed E-state index contributed by atoms with van der Waals surface area (Å²) in [6, 6.07) is 7.28. The van der Waals surface area contributed by atoms with Gasteiger partial charge in [-0.3, -0.25) is 0 Å². The first-order chi connectivity index (χ1) is 9.84. The highest BCUT2D eigenvalue weighted by molar-refractivity contribution is 7.99. The first kappa shape index (κ1) is 16.6. The first-order valence-corrected chi connectivity index (χ1v) is 7.96. The SMILES string of the molecule is CC(NCC1(CO)CC1)c1ccc(SCC(F)(F)F)cc1. The van der Waals surface area contributed by atoms with Crippen molar-refractivity contribution < 1.29 is 18.3 Å². The molecule has 1 aliphatic rings. The predicted molar refractivity (Wildman–Crippen MR) is 78.4 cm³/mol. The predicted octanol–water partition coefficient (Wildman–Crippen LogP) is 3.76. The number of aliphatic hydroxyl groups is 1. The number of hydrogen-bond donors (Lipinski definition) is 2. The number of thioether (sulfide) groups is 1. The summed E-state index contributed by atoms with van der Waals surface area (Å²) < 4.78 is 36.4. The van der Waals surface area contributed by atoms with Crippen LogP contribution in [0.2, 0.25) is 0 Å². The summed E-state index contributed by atoms with van der Waals surface area (Å²) in [5.41, 5.74) is 1.09. The van der Waals surface area contributed by atoms with Crippen LogP contribution in [0.3, 0.4) is 0 Å². The van der Waals surface area contributed by atoms with Crippen LogP contribution in [0, 0.1) is 5.41 Å². The summed E-state index contributed by atoms with van der Waals surface area (Å²) in [7, 11) is 0. The minimum Gasteiger partial charge on any atom is -0.396 e. The van der Waals surface area contributed by atoms with Crippen molar-refractivity contribution in [2.24, 2.45) is 5.41 Å². The van der Waals surface area contributed by atoms with Gasteiger partial charge in [-0.15, -0.1) is 11.8 Å². The molecule has 1 aromatic rings. The third kappa shape index (κ3) is 5.20. The maximum absolute atomic E-state index is 12.1. The quantitative estimate of drug-likeness (QED) is 0.751. The third-order valence-electron chi connectivity index (χ3n) is 3.86. The standard InChI is InChI=1S/C15H20F3NOS/c1-11(19-8-14(9-20)6-7-14)12-2-4-13(5-3-12)21-10-15(16,17)18/h2-5,11,19-20H,6-10H2,1H3. The fourth-order valence-electron chi connectivity index (χ4n) is 2.07. The molecule has 0 heterocycles. The molecule has 1 atom stereocenters. The summed E-state index contributed by atoms with van der Waals surface area (Å²) in [5.74, 6) is -0.862. The van der Waals surface area contributed by atoms with Crippen LogP contribution in [0.15, 0.2) is 29.2 Å². The topological polar surface area (TPSA) is 32.3 Å². The Morgan fingerprint density at radius 1 is 1.29 bits per heavy atom. The Labute approximate surface area is 127 Å². The zero-order chi connectivity index (χ0) is 15.5. The third-order valence-corrected chi connectivity index (χ3v) is 4.94. The summed E-state index contributed by atoms with van der Waals surface area (Å²) in [6.45, 7) is 3.00. The van der Waals surface area contributed by atoms with Gasteiger partial charge in [0, 0.05) is 29.5 Å². The van der Waals surface area contributed by atoms with Crippen LogP contribution in [0.4, 0.5) is 13.2 Å². The van der Waals surface area contributed by atoms with Gasteiger partial charge in [0.2, 0.25) is 0 Å². The molecule has 1 unspecified atom stereocenters. The van der Waals surface area contributed by atoms with Crippen molar-refractivity contribution in [1.82, 2.24) is 5.32 Å². The van der Waals surface area contributed by atoms with Crippen molar-refractivity contribution in [1.29, 1.82) is 0 Å². The summed E-state index contributed by atoms with van der Waals surface area (Å²) in [4.78, 5) is 0.622. The molecule has 118 valence electrons. The summed E-state index contributed by atoms with van der Waals surface area (Å²) in [5, 5.41) is 12.6. The van der Waals surface area contributed by atoms with E-state index in [1.807, 2.05) is 19.1 Å². The van der Waals surface area contributed by atoms with Crippen molar-refractivity contribution in [3.05, 3.63) is 29.8 Å². The van der Waals surface area contributed by atoms with Crippen molar-refractivity contribution >= 4 is 11.8 Å². The van der Waals surface area contributed by atoms with Crippen LogP contribution in [0.5, 0.6) is 0 Å². The fourth-order valence-corrected chi connectivity index (χ4v) is 2.73. The minimum atomic E-state index is -4.14. The van der Waals surface area contributed by atoms with Crippen LogP contribution < -0.4 is 5.32 Å². The molecule has 21 heavy (non-hydrogen) atoms. The highest BCUT2D eigenvalue weighted by Gasteiger charge is 2.41. The number of benzene rings is 1. The van der Waals surface area contributed by atoms with E-state index in [-0.39, 0.29) is 18.1 Å². The lowest BCUT2D eigenvalue weighted by atomic mass is 10.1. The molecular weight excluding hydrogens is 299 g/mol. The molecule has 2 nitrogen and oxygen atoms in total. The van der Waals surface area contributed by atoms with Crippen LogP contribution in [-0.2, 0) is 0 Å². The lowest BCUT2D eigenvalue weighted by molar-refractivity contribution is -0.105. The van der Waals surface area contributed by atoms with Crippen molar-refractivity contribution in [2.45, 2.75) is 36.9 Å². The van der Waals surface area contributed by atoms with E-state index >= 15 is 0 Å².